The molecule has 4 atom stereocenters. The van der Waals surface area contributed by atoms with E-state index >= 15 is 0 Å². The van der Waals surface area contributed by atoms with Crippen molar-refractivity contribution in [3.63, 3.8) is 0 Å². The highest BCUT2D eigenvalue weighted by Crippen LogP contribution is 2.45. The number of carbonyl (C=O) groups is 2. The Kier molecular flexibility index (Phi) is 4.04. The summed E-state index contributed by atoms with van der Waals surface area (Å²) in [6.07, 6.45) is 0.857. The van der Waals surface area contributed by atoms with Crippen LogP contribution in [-0.4, -0.2) is 51.7 Å². The SMILES string of the molecule is Cc1n[nH]c(C(=O)N2CC[C@H](CNC(=O)C3[C@@H](C)[C@H]3C)C2)c1O. The fraction of sp³-hybridized carbons (Fsp3) is 0.688. The summed E-state index contributed by atoms with van der Waals surface area (Å²) in [5.41, 5.74) is 0.567. The number of nitrogens with zero attached hydrogens (tertiary/aromatic N) is 2. The Bertz CT molecular complexity index is 619. The maximum atomic E-state index is 12.4. The van der Waals surface area contributed by atoms with E-state index in [0.29, 0.717) is 37.2 Å². The van der Waals surface area contributed by atoms with Crippen LogP contribution in [-0.2, 0) is 4.79 Å². The zero-order valence-corrected chi connectivity index (χ0v) is 13.8. The Morgan fingerprint density at radius 2 is 2.09 bits per heavy atom. The third-order valence-electron chi connectivity index (χ3n) is 5.39. The summed E-state index contributed by atoms with van der Waals surface area (Å²) in [5, 5.41) is 19.3. The van der Waals surface area contributed by atoms with Gasteiger partial charge in [0.05, 0.1) is 0 Å². The smallest absolute Gasteiger partial charge is 0.275 e. The molecule has 1 aliphatic heterocycles. The molecule has 126 valence electrons. The van der Waals surface area contributed by atoms with Crippen molar-refractivity contribution < 1.29 is 14.7 Å². The molecule has 1 aromatic rings. The minimum atomic E-state index is -0.235. The number of aromatic nitrogens is 2. The van der Waals surface area contributed by atoms with Gasteiger partial charge in [0, 0.05) is 25.6 Å². The van der Waals surface area contributed by atoms with E-state index in [1.54, 1.807) is 11.8 Å². The number of aryl methyl sites for hydroxylation is 1. The lowest BCUT2D eigenvalue weighted by Gasteiger charge is -2.16. The van der Waals surface area contributed by atoms with E-state index in [2.05, 4.69) is 29.4 Å². The average Bonchev–Trinajstić information content (AvgIpc) is 2.89. The van der Waals surface area contributed by atoms with Gasteiger partial charge in [0.15, 0.2) is 11.4 Å². The zero-order chi connectivity index (χ0) is 16.7. The molecule has 2 aliphatic rings. The lowest BCUT2D eigenvalue weighted by atomic mass is 10.1. The first-order valence-corrected chi connectivity index (χ1v) is 8.21. The number of amides is 2. The number of carbonyl (C=O) groups excluding carboxylic acids is 2. The van der Waals surface area contributed by atoms with Crippen LogP contribution in [0.15, 0.2) is 0 Å². The topological polar surface area (TPSA) is 98.3 Å². The Hall–Kier alpha value is -2.05. The van der Waals surface area contributed by atoms with E-state index in [0.717, 1.165) is 6.42 Å². The van der Waals surface area contributed by atoms with E-state index in [4.69, 9.17) is 0 Å². The van der Waals surface area contributed by atoms with Crippen LogP contribution in [0.5, 0.6) is 5.75 Å². The second kappa shape index (κ2) is 5.86. The molecule has 3 rings (SSSR count). The van der Waals surface area contributed by atoms with Gasteiger partial charge in [-0.25, -0.2) is 0 Å². The van der Waals surface area contributed by atoms with Crippen LogP contribution >= 0.6 is 0 Å². The van der Waals surface area contributed by atoms with Crippen LogP contribution < -0.4 is 5.32 Å². The first-order valence-electron chi connectivity index (χ1n) is 8.21. The minimum absolute atomic E-state index is 0.0801. The number of likely N-dealkylation sites (tertiary alicyclic amines) is 1. The van der Waals surface area contributed by atoms with Crippen molar-refractivity contribution in [2.24, 2.45) is 23.7 Å². The number of nitrogens with one attached hydrogen (secondary N) is 2. The number of hydrogen-bond donors (Lipinski definition) is 3. The second-order valence-electron chi connectivity index (χ2n) is 6.93. The van der Waals surface area contributed by atoms with Crippen LogP contribution in [0.4, 0.5) is 0 Å². The van der Waals surface area contributed by atoms with E-state index in [1.165, 1.54) is 0 Å². The number of H-pyrrole nitrogens is 1. The van der Waals surface area contributed by atoms with Crippen LogP contribution in [0.1, 0.15) is 36.5 Å². The van der Waals surface area contributed by atoms with E-state index in [1.807, 2.05) is 0 Å². The molecule has 0 radical (unpaired) electrons. The quantitative estimate of drug-likeness (QED) is 0.768. The van der Waals surface area contributed by atoms with Gasteiger partial charge in [-0.2, -0.15) is 5.10 Å². The third kappa shape index (κ3) is 2.92. The molecule has 1 saturated heterocycles. The molecule has 0 spiro atoms. The van der Waals surface area contributed by atoms with Crippen LogP contribution in [0.2, 0.25) is 0 Å². The van der Waals surface area contributed by atoms with Gasteiger partial charge in [0.25, 0.3) is 5.91 Å². The fourth-order valence-corrected chi connectivity index (χ4v) is 3.42. The molecule has 1 aromatic heterocycles. The second-order valence-corrected chi connectivity index (χ2v) is 6.93. The summed E-state index contributed by atoms with van der Waals surface area (Å²) in [4.78, 5) is 26.1. The maximum Gasteiger partial charge on any atom is 0.275 e. The largest absolute Gasteiger partial charge is 0.504 e. The molecule has 2 amide bonds. The molecule has 1 unspecified atom stereocenters. The molecule has 7 nitrogen and oxygen atoms in total. The molecule has 1 saturated carbocycles. The predicted octanol–water partition coefficient (Wildman–Crippen LogP) is 0.904. The monoisotopic (exact) mass is 320 g/mol. The van der Waals surface area contributed by atoms with Crippen molar-refractivity contribution in [2.45, 2.75) is 27.2 Å². The molecular weight excluding hydrogens is 296 g/mol. The first-order chi connectivity index (χ1) is 10.9. The first kappa shape index (κ1) is 15.8. The normalized spacial score (nSPS) is 29.6. The zero-order valence-electron chi connectivity index (χ0n) is 13.8. The highest BCUT2D eigenvalue weighted by Gasteiger charge is 2.48. The molecule has 23 heavy (non-hydrogen) atoms. The third-order valence-corrected chi connectivity index (χ3v) is 5.39. The number of hydrogen-bond acceptors (Lipinski definition) is 4. The summed E-state index contributed by atoms with van der Waals surface area (Å²) >= 11 is 0. The van der Waals surface area contributed by atoms with Crippen LogP contribution in [0, 0.1) is 30.6 Å². The highest BCUT2D eigenvalue weighted by molar-refractivity contribution is 5.95. The van der Waals surface area contributed by atoms with Gasteiger partial charge in [0.1, 0.15) is 5.69 Å². The highest BCUT2D eigenvalue weighted by atomic mass is 16.3. The Morgan fingerprint density at radius 3 is 2.65 bits per heavy atom. The van der Waals surface area contributed by atoms with Gasteiger partial charge >= 0.3 is 0 Å². The number of rotatable bonds is 4. The van der Waals surface area contributed by atoms with Crippen molar-refractivity contribution in [2.75, 3.05) is 19.6 Å². The molecule has 2 heterocycles. The van der Waals surface area contributed by atoms with Gasteiger partial charge in [-0.05, 0) is 31.1 Å². The van der Waals surface area contributed by atoms with Gasteiger partial charge in [-0.3, -0.25) is 14.7 Å². The Morgan fingerprint density at radius 1 is 1.39 bits per heavy atom. The lowest BCUT2D eigenvalue weighted by molar-refractivity contribution is -0.123. The molecule has 1 aliphatic carbocycles. The number of aromatic amines is 1. The molecule has 0 aromatic carbocycles. The van der Waals surface area contributed by atoms with E-state index < -0.39 is 0 Å². The predicted molar refractivity (Wildman–Crippen MR) is 83.8 cm³/mol. The molecular formula is C16H24N4O3. The molecule has 0 bridgehead atoms. The van der Waals surface area contributed by atoms with Gasteiger partial charge in [-0.1, -0.05) is 13.8 Å². The Balaban J connectivity index is 1.50. The molecule has 2 fully saturated rings. The molecule has 7 heteroatoms. The van der Waals surface area contributed by atoms with Gasteiger partial charge < -0.3 is 15.3 Å². The van der Waals surface area contributed by atoms with Crippen molar-refractivity contribution in [3.8, 4) is 5.75 Å². The summed E-state index contributed by atoms with van der Waals surface area (Å²) in [5.74, 6) is 1.19. The Labute approximate surface area is 135 Å². The van der Waals surface area contributed by atoms with Crippen molar-refractivity contribution >= 4 is 11.8 Å². The summed E-state index contributed by atoms with van der Waals surface area (Å²) in [6.45, 7) is 7.67. The van der Waals surface area contributed by atoms with Crippen LogP contribution in [0.25, 0.3) is 0 Å². The number of aromatic hydroxyl groups is 1. The summed E-state index contributed by atoms with van der Waals surface area (Å²) < 4.78 is 0. The van der Waals surface area contributed by atoms with Crippen molar-refractivity contribution in [1.82, 2.24) is 20.4 Å². The van der Waals surface area contributed by atoms with Crippen molar-refractivity contribution in [1.29, 1.82) is 0 Å². The average molecular weight is 320 g/mol. The standard InChI is InChI=1S/C16H24N4O3/c1-8-9(2)12(8)15(22)17-6-11-4-5-20(7-11)16(23)13-14(21)10(3)18-19-13/h8-9,11-12,21H,4-7H2,1-3H3,(H,17,22)(H,18,19)/t8-,9+,11-,12?/m1/s1. The lowest BCUT2D eigenvalue weighted by Crippen LogP contribution is -2.34. The summed E-state index contributed by atoms with van der Waals surface area (Å²) in [7, 11) is 0. The van der Waals surface area contributed by atoms with Gasteiger partial charge in [-0.15, -0.1) is 0 Å². The van der Waals surface area contributed by atoms with Crippen LogP contribution in [0.3, 0.4) is 0 Å². The fourth-order valence-electron chi connectivity index (χ4n) is 3.42. The van der Waals surface area contributed by atoms with E-state index in [9.17, 15) is 14.7 Å². The molecule has 3 N–H and O–H groups in total. The maximum absolute atomic E-state index is 12.4. The van der Waals surface area contributed by atoms with Crippen molar-refractivity contribution in [3.05, 3.63) is 11.4 Å². The summed E-state index contributed by atoms with van der Waals surface area (Å²) in [6, 6.07) is 0. The minimum Gasteiger partial charge on any atom is -0.504 e. The van der Waals surface area contributed by atoms with E-state index in [-0.39, 0.29) is 35.1 Å². The van der Waals surface area contributed by atoms with Gasteiger partial charge in [0.2, 0.25) is 5.91 Å².